The van der Waals surface area contributed by atoms with Crippen LogP contribution in [0.5, 0.6) is 0 Å². The van der Waals surface area contributed by atoms with Gasteiger partial charge >= 0.3 is 5.56 Å². The lowest BCUT2D eigenvalue weighted by Gasteiger charge is -2.18. The minimum atomic E-state index is -0.541. The Labute approximate surface area is 221 Å². The Morgan fingerprint density at radius 3 is 2.47 bits per heavy atom. The Balaban J connectivity index is 1.59. The number of halogens is 2. The molecule has 0 saturated carbocycles. The van der Waals surface area contributed by atoms with Crippen LogP contribution in [0.1, 0.15) is 11.1 Å². The molecular weight excluding hydrogens is 564 g/mol. The number of anilines is 1. The number of thiazole rings is 1. The lowest BCUT2D eigenvalue weighted by Crippen LogP contribution is -2.33. The largest absolute Gasteiger partial charge is 0.303 e. The first kappa shape index (κ1) is 22.8. The van der Waals surface area contributed by atoms with E-state index in [1.165, 1.54) is 0 Å². The molecule has 0 aliphatic carbocycles. The Kier molecular flexibility index (Phi) is 5.55. The fraction of sp³-hybridized carbons (Fsp3) is 0.0385. The van der Waals surface area contributed by atoms with Crippen molar-refractivity contribution in [3.63, 3.8) is 0 Å². The van der Waals surface area contributed by atoms with Crippen molar-refractivity contribution in [2.24, 2.45) is 0 Å². The summed E-state index contributed by atoms with van der Waals surface area (Å²) >= 11 is 10.8. The third-order valence-corrected chi connectivity index (χ3v) is 7.79. The molecule has 1 amide bonds. The summed E-state index contributed by atoms with van der Waals surface area (Å²) in [5.41, 5.74) is 1.87. The smallest absolute Gasteiger partial charge is 0.300 e. The van der Waals surface area contributed by atoms with E-state index in [1.54, 1.807) is 41.3 Å². The molecule has 3 aromatic carbocycles. The van der Waals surface area contributed by atoms with Crippen molar-refractivity contribution in [1.29, 1.82) is 0 Å². The number of carbonyl (C=O) groups is 1. The fourth-order valence-corrected chi connectivity index (χ4v) is 5.77. The molecular formula is C26H14BrClN4O3S. The molecule has 0 spiro atoms. The van der Waals surface area contributed by atoms with Crippen LogP contribution in [-0.4, -0.2) is 20.5 Å². The molecule has 0 radical (unpaired) electrons. The van der Waals surface area contributed by atoms with Gasteiger partial charge < -0.3 is 4.90 Å². The SMILES string of the molecule is O=C1/C(=c2\sc3nc(=O)c(-c4ccccc4)nn3c2=O)c2cc(Br)ccc2N1Cc1ccccc1Cl. The van der Waals surface area contributed by atoms with Gasteiger partial charge in [-0.3, -0.25) is 14.4 Å². The molecule has 36 heavy (non-hydrogen) atoms. The average Bonchev–Trinajstić information content (AvgIpc) is 3.32. The summed E-state index contributed by atoms with van der Waals surface area (Å²) in [7, 11) is 0. The van der Waals surface area contributed by atoms with Crippen molar-refractivity contribution in [2.75, 3.05) is 4.90 Å². The van der Waals surface area contributed by atoms with E-state index in [1.807, 2.05) is 36.4 Å². The van der Waals surface area contributed by atoms with E-state index in [0.717, 1.165) is 25.9 Å². The molecule has 6 rings (SSSR count). The van der Waals surface area contributed by atoms with Gasteiger partial charge in [0.05, 0.1) is 17.8 Å². The van der Waals surface area contributed by atoms with Gasteiger partial charge in [0.15, 0.2) is 5.69 Å². The van der Waals surface area contributed by atoms with Crippen LogP contribution in [-0.2, 0) is 11.3 Å². The van der Waals surface area contributed by atoms with Crippen molar-refractivity contribution < 1.29 is 4.79 Å². The molecule has 10 heteroatoms. The highest BCUT2D eigenvalue weighted by Crippen LogP contribution is 2.38. The summed E-state index contributed by atoms with van der Waals surface area (Å²) < 4.78 is 2.03. The van der Waals surface area contributed by atoms with Crippen molar-refractivity contribution in [3.8, 4) is 11.3 Å². The molecule has 0 N–H and O–H groups in total. The van der Waals surface area contributed by atoms with Gasteiger partial charge in [-0.25, -0.2) is 0 Å². The first-order valence-electron chi connectivity index (χ1n) is 10.8. The molecule has 1 aliphatic heterocycles. The number of carbonyl (C=O) groups excluding carboxylic acids is 1. The minimum absolute atomic E-state index is 0.0702. The third-order valence-electron chi connectivity index (χ3n) is 5.90. The van der Waals surface area contributed by atoms with E-state index in [-0.39, 0.29) is 33.2 Å². The van der Waals surface area contributed by atoms with Crippen LogP contribution < -0.4 is 20.6 Å². The van der Waals surface area contributed by atoms with Gasteiger partial charge in [-0.15, -0.1) is 0 Å². The van der Waals surface area contributed by atoms with Crippen LogP contribution in [0.15, 0.2) is 86.9 Å². The standard InChI is InChI=1S/C26H14BrClN4O3S/c27-16-10-11-19-17(12-16)20(24(34)31(19)13-15-8-4-5-9-18(15)28)22-25(35)32-26(36-22)29-23(33)21(30-32)14-6-2-1-3-7-14/h1-12H,13H2/b22-20-. The quantitative estimate of drug-likeness (QED) is 0.323. The highest BCUT2D eigenvalue weighted by atomic mass is 79.9. The number of fused-ring (bicyclic) bond motifs is 2. The predicted octanol–water partition coefficient (Wildman–Crippen LogP) is 4.06. The van der Waals surface area contributed by atoms with Gasteiger partial charge in [-0.1, -0.05) is 87.4 Å². The molecule has 5 aromatic rings. The van der Waals surface area contributed by atoms with Crippen molar-refractivity contribution in [2.45, 2.75) is 6.54 Å². The summed E-state index contributed by atoms with van der Waals surface area (Å²) in [4.78, 5) is 45.8. The number of aromatic nitrogens is 3. The Morgan fingerprint density at radius 2 is 1.69 bits per heavy atom. The van der Waals surface area contributed by atoms with Gasteiger partial charge in [-0.05, 0) is 29.8 Å². The molecule has 2 aromatic heterocycles. The molecule has 0 saturated heterocycles. The maximum Gasteiger partial charge on any atom is 0.300 e. The normalized spacial score (nSPS) is 14.5. The second-order valence-corrected chi connectivity index (χ2v) is 10.4. The average molecular weight is 578 g/mol. The van der Waals surface area contributed by atoms with Crippen LogP contribution >= 0.6 is 38.9 Å². The zero-order chi connectivity index (χ0) is 25.0. The van der Waals surface area contributed by atoms with Crippen LogP contribution in [0.4, 0.5) is 5.69 Å². The zero-order valence-electron chi connectivity index (χ0n) is 18.3. The maximum atomic E-state index is 13.8. The topological polar surface area (TPSA) is 84.6 Å². The first-order valence-corrected chi connectivity index (χ1v) is 12.8. The number of hydrogen-bond acceptors (Lipinski definition) is 6. The number of benzene rings is 3. The highest BCUT2D eigenvalue weighted by Gasteiger charge is 2.35. The molecule has 176 valence electrons. The molecule has 0 bridgehead atoms. The van der Waals surface area contributed by atoms with Crippen LogP contribution in [0.25, 0.3) is 21.8 Å². The molecule has 7 nitrogen and oxygen atoms in total. The maximum absolute atomic E-state index is 13.8. The Bertz CT molecular complexity index is 1870. The molecule has 0 unspecified atom stereocenters. The van der Waals surface area contributed by atoms with Gasteiger partial charge in [0, 0.05) is 20.6 Å². The van der Waals surface area contributed by atoms with Crippen LogP contribution in [0, 0.1) is 0 Å². The fourth-order valence-electron chi connectivity index (χ4n) is 4.21. The third kappa shape index (κ3) is 3.67. The lowest BCUT2D eigenvalue weighted by atomic mass is 10.1. The van der Waals surface area contributed by atoms with E-state index in [2.05, 4.69) is 26.0 Å². The van der Waals surface area contributed by atoms with Gasteiger partial charge in [0.25, 0.3) is 11.5 Å². The molecule has 0 atom stereocenters. The van der Waals surface area contributed by atoms with Crippen molar-refractivity contribution in [1.82, 2.24) is 14.6 Å². The molecule has 3 heterocycles. The summed E-state index contributed by atoms with van der Waals surface area (Å²) in [6.45, 7) is 0.238. The van der Waals surface area contributed by atoms with Gasteiger partial charge in [-0.2, -0.15) is 14.6 Å². The monoisotopic (exact) mass is 576 g/mol. The van der Waals surface area contributed by atoms with E-state index >= 15 is 0 Å². The Morgan fingerprint density at radius 1 is 0.944 bits per heavy atom. The molecule has 0 fully saturated rings. The van der Waals surface area contributed by atoms with Crippen molar-refractivity contribution in [3.05, 3.63) is 119 Å². The Hall–Kier alpha value is -3.66. The van der Waals surface area contributed by atoms with Crippen LogP contribution in [0.2, 0.25) is 5.02 Å². The second kappa shape index (κ2) is 8.77. The predicted molar refractivity (Wildman–Crippen MR) is 143 cm³/mol. The van der Waals surface area contributed by atoms with E-state index in [4.69, 9.17) is 11.6 Å². The summed E-state index contributed by atoms with van der Waals surface area (Å²) in [5, 5.41) is 4.85. The van der Waals surface area contributed by atoms with Gasteiger partial charge in [0.2, 0.25) is 4.96 Å². The van der Waals surface area contributed by atoms with Crippen molar-refractivity contribution >= 4 is 61.0 Å². The second-order valence-electron chi connectivity index (χ2n) is 8.08. The number of nitrogens with zero attached hydrogens (tertiary/aromatic N) is 4. The first-order chi connectivity index (χ1) is 17.4. The van der Waals surface area contributed by atoms with Crippen LogP contribution in [0.3, 0.4) is 0 Å². The highest BCUT2D eigenvalue weighted by molar-refractivity contribution is 9.10. The van der Waals surface area contributed by atoms with E-state index < -0.39 is 11.1 Å². The number of amides is 1. The minimum Gasteiger partial charge on any atom is -0.303 e. The summed E-state index contributed by atoms with van der Waals surface area (Å²) in [5.74, 6) is -0.335. The zero-order valence-corrected chi connectivity index (χ0v) is 21.5. The van der Waals surface area contributed by atoms with E-state index in [0.29, 0.717) is 21.8 Å². The summed E-state index contributed by atoms with van der Waals surface area (Å²) in [6, 6.07) is 21.6. The van der Waals surface area contributed by atoms with E-state index in [9.17, 15) is 14.4 Å². The molecule has 1 aliphatic rings. The number of hydrogen-bond donors (Lipinski definition) is 0. The number of rotatable bonds is 3. The van der Waals surface area contributed by atoms with Gasteiger partial charge in [0.1, 0.15) is 4.53 Å². The lowest BCUT2D eigenvalue weighted by molar-refractivity contribution is -0.113. The summed E-state index contributed by atoms with van der Waals surface area (Å²) in [6.07, 6.45) is 0.